The number of hydrazine groups is 1. The molecule has 0 aromatic heterocycles. The fourth-order valence-electron chi connectivity index (χ4n) is 2.30. The van der Waals surface area contributed by atoms with Gasteiger partial charge in [0.25, 0.3) is 0 Å². The Labute approximate surface area is 123 Å². The molecule has 2 aromatic carbocycles. The Hall–Kier alpha value is -2.57. The molecule has 1 atom stereocenters. The van der Waals surface area contributed by atoms with Crippen molar-refractivity contribution in [3.63, 3.8) is 0 Å². The molecule has 0 bridgehead atoms. The van der Waals surface area contributed by atoms with Crippen molar-refractivity contribution in [3.8, 4) is 0 Å². The van der Waals surface area contributed by atoms with Gasteiger partial charge in [-0.3, -0.25) is 5.01 Å². The minimum absolute atomic E-state index is 0.377. The first-order valence-corrected chi connectivity index (χ1v) is 6.71. The fraction of sp³-hybridized carbons (Fsp3) is 0.133. The molecule has 6 heteroatoms. The number of nitrogens with zero attached hydrogens (tertiary/aromatic N) is 2. The van der Waals surface area contributed by atoms with Crippen LogP contribution in [0, 0.1) is 0 Å². The first-order valence-electron chi connectivity index (χ1n) is 6.71. The van der Waals surface area contributed by atoms with Gasteiger partial charge in [-0.2, -0.15) is 0 Å². The number of hydrogen-bond acceptors (Lipinski definition) is 6. The lowest BCUT2D eigenvalue weighted by Crippen LogP contribution is -2.58. The van der Waals surface area contributed by atoms with Crippen molar-refractivity contribution < 1.29 is 0 Å². The first-order chi connectivity index (χ1) is 10.2. The molecule has 108 valence electrons. The van der Waals surface area contributed by atoms with Gasteiger partial charge < -0.3 is 17.2 Å². The Bertz CT molecular complexity index is 681. The molecule has 2 aromatic rings. The van der Waals surface area contributed by atoms with Gasteiger partial charge in [0.05, 0.1) is 11.4 Å². The van der Waals surface area contributed by atoms with E-state index in [1.165, 1.54) is 0 Å². The Morgan fingerprint density at radius 3 is 2.57 bits per heavy atom. The molecular formula is C15H18N6. The van der Waals surface area contributed by atoms with Gasteiger partial charge in [-0.1, -0.05) is 30.3 Å². The van der Waals surface area contributed by atoms with Crippen LogP contribution in [0.1, 0.15) is 5.56 Å². The molecule has 21 heavy (non-hydrogen) atoms. The van der Waals surface area contributed by atoms with E-state index in [0.29, 0.717) is 12.4 Å². The number of nitrogens with one attached hydrogen (secondary N) is 1. The van der Waals surface area contributed by atoms with Crippen molar-refractivity contribution in [2.75, 3.05) is 10.7 Å². The number of aliphatic imine (C=N–C) groups is 1. The molecule has 6 nitrogen and oxygen atoms in total. The van der Waals surface area contributed by atoms with Crippen LogP contribution in [0.2, 0.25) is 0 Å². The van der Waals surface area contributed by atoms with E-state index in [0.717, 1.165) is 22.6 Å². The zero-order chi connectivity index (χ0) is 14.8. The Kier molecular flexibility index (Phi) is 3.47. The van der Waals surface area contributed by atoms with Crippen LogP contribution in [-0.2, 0) is 6.54 Å². The molecule has 0 saturated carbocycles. The highest BCUT2D eigenvalue weighted by Gasteiger charge is 2.25. The van der Waals surface area contributed by atoms with Crippen molar-refractivity contribution in [3.05, 3.63) is 54.1 Å². The maximum Gasteiger partial charge on any atom is 0.151 e. The molecule has 0 spiro atoms. The molecule has 3 rings (SSSR count). The molecule has 0 saturated heterocycles. The summed E-state index contributed by atoms with van der Waals surface area (Å²) in [6.45, 7) is 0.558. The summed E-state index contributed by atoms with van der Waals surface area (Å²) in [5.74, 6) is 0.377. The highest BCUT2D eigenvalue weighted by molar-refractivity contribution is 5.95. The minimum atomic E-state index is -0.509. The van der Waals surface area contributed by atoms with Crippen LogP contribution in [0.4, 0.5) is 17.1 Å². The molecule has 0 fully saturated rings. The second-order valence-corrected chi connectivity index (χ2v) is 4.87. The highest BCUT2D eigenvalue weighted by Crippen LogP contribution is 2.31. The van der Waals surface area contributed by atoms with E-state index in [1.807, 2.05) is 53.5 Å². The molecule has 0 aliphatic carbocycles. The second kappa shape index (κ2) is 5.43. The average molecular weight is 282 g/mol. The van der Waals surface area contributed by atoms with Crippen LogP contribution in [0.15, 0.2) is 53.5 Å². The average Bonchev–Trinajstić information content (AvgIpc) is 2.49. The summed E-state index contributed by atoms with van der Waals surface area (Å²) in [6.07, 6.45) is -0.509. The number of nitrogens with two attached hydrogens (primary N) is 3. The number of hydrogen-bond donors (Lipinski definition) is 4. The van der Waals surface area contributed by atoms with E-state index in [2.05, 4.69) is 10.4 Å². The van der Waals surface area contributed by atoms with E-state index >= 15 is 0 Å². The predicted octanol–water partition coefficient (Wildman–Crippen LogP) is 1.07. The Balaban J connectivity index is 1.85. The Morgan fingerprint density at radius 1 is 1.05 bits per heavy atom. The van der Waals surface area contributed by atoms with Crippen molar-refractivity contribution in [1.82, 2.24) is 5.43 Å². The molecule has 7 N–H and O–H groups in total. The van der Waals surface area contributed by atoms with E-state index < -0.39 is 6.17 Å². The Morgan fingerprint density at radius 2 is 1.76 bits per heavy atom. The molecule has 1 aliphatic rings. The normalized spacial score (nSPS) is 17.3. The molecule has 1 unspecified atom stereocenters. The van der Waals surface area contributed by atoms with Crippen LogP contribution < -0.4 is 27.6 Å². The number of anilines is 2. The van der Waals surface area contributed by atoms with Crippen LogP contribution in [0.3, 0.4) is 0 Å². The van der Waals surface area contributed by atoms with Crippen LogP contribution >= 0.6 is 0 Å². The zero-order valence-corrected chi connectivity index (χ0v) is 11.5. The number of benzene rings is 2. The van der Waals surface area contributed by atoms with Crippen molar-refractivity contribution in [1.29, 1.82) is 0 Å². The topological polar surface area (TPSA) is 106 Å². The molecule has 1 heterocycles. The van der Waals surface area contributed by atoms with Gasteiger partial charge in [0.1, 0.15) is 5.84 Å². The van der Waals surface area contributed by atoms with E-state index in [4.69, 9.17) is 17.2 Å². The summed E-state index contributed by atoms with van der Waals surface area (Å²) in [5.41, 5.74) is 24.7. The van der Waals surface area contributed by atoms with Crippen LogP contribution in [0.5, 0.6) is 0 Å². The summed E-state index contributed by atoms with van der Waals surface area (Å²) in [5, 5.41) is 1.82. The van der Waals surface area contributed by atoms with Gasteiger partial charge in [0.2, 0.25) is 0 Å². The second-order valence-electron chi connectivity index (χ2n) is 4.87. The lowest BCUT2D eigenvalue weighted by Gasteiger charge is -2.34. The summed E-state index contributed by atoms with van der Waals surface area (Å²) in [6, 6.07) is 15.4. The number of para-hydroxylation sites is 3. The summed E-state index contributed by atoms with van der Waals surface area (Å²) in [4.78, 5) is 4.31. The largest absolute Gasteiger partial charge is 0.398 e. The predicted molar refractivity (Wildman–Crippen MR) is 85.9 cm³/mol. The third-order valence-corrected chi connectivity index (χ3v) is 3.47. The number of fused-ring (bicyclic) bond motifs is 1. The molecular weight excluding hydrogens is 264 g/mol. The first kappa shape index (κ1) is 13.4. The van der Waals surface area contributed by atoms with E-state index in [1.54, 1.807) is 0 Å². The van der Waals surface area contributed by atoms with Gasteiger partial charge >= 0.3 is 0 Å². The third-order valence-electron chi connectivity index (χ3n) is 3.47. The lowest BCUT2D eigenvalue weighted by atomic mass is 10.2. The standard InChI is InChI=1S/C15H18N6/c16-11-6-2-1-5-10(11)9-19-21-13-8-4-3-7-12(13)20-14(17)15(21)18/h1-8,15,19H,9,16,18H2,(H2,17,20). The SMILES string of the molecule is NC1=Nc2ccccc2N(NCc2ccccc2N)C1N. The van der Waals surface area contributed by atoms with Gasteiger partial charge in [0, 0.05) is 12.2 Å². The van der Waals surface area contributed by atoms with Crippen LogP contribution in [0.25, 0.3) is 0 Å². The molecule has 0 amide bonds. The smallest absolute Gasteiger partial charge is 0.151 e. The molecule has 0 radical (unpaired) electrons. The van der Waals surface area contributed by atoms with Gasteiger partial charge in [-0.05, 0) is 23.8 Å². The van der Waals surface area contributed by atoms with Gasteiger partial charge in [-0.25, -0.2) is 10.4 Å². The third kappa shape index (κ3) is 2.54. The summed E-state index contributed by atoms with van der Waals surface area (Å²) < 4.78 is 0. The monoisotopic (exact) mass is 282 g/mol. The van der Waals surface area contributed by atoms with Gasteiger partial charge in [-0.15, -0.1) is 0 Å². The highest BCUT2D eigenvalue weighted by atomic mass is 15.6. The van der Waals surface area contributed by atoms with E-state index in [9.17, 15) is 0 Å². The number of amidine groups is 1. The fourth-order valence-corrected chi connectivity index (χ4v) is 2.30. The minimum Gasteiger partial charge on any atom is -0.398 e. The summed E-state index contributed by atoms with van der Waals surface area (Å²) in [7, 11) is 0. The van der Waals surface area contributed by atoms with Crippen molar-refractivity contribution in [2.24, 2.45) is 16.5 Å². The van der Waals surface area contributed by atoms with Crippen molar-refractivity contribution in [2.45, 2.75) is 12.7 Å². The summed E-state index contributed by atoms with van der Waals surface area (Å²) >= 11 is 0. The van der Waals surface area contributed by atoms with Gasteiger partial charge in [0.15, 0.2) is 6.17 Å². The quantitative estimate of drug-likeness (QED) is 0.630. The van der Waals surface area contributed by atoms with E-state index in [-0.39, 0.29) is 0 Å². The maximum atomic E-state index is 6.12. The van der Waals surface area contributed by atoms with Crippen LogP contribution in [-0.4, -0.2) is 12.0 Å². The number of rotatable bonds is 3. The number of nitrogen functional groups attached to an aromatic ring is 1. The lowest BCUT2D eigenvalue weighted by molar-refractivity contribution is 0.585. The molecule has 1 aliphatic heterocycles. The zero-order valence-electron chi connectivity index (χ0n) is 11.5. The maximum absolute atomic E-state index is 6.12. The van der Waals surface area contributed by atoms with Crippen molar-refractivity contribution >= 4 is 22.9 Å².